The zero-order chi connectivity index (χ0) is 47.7. The number of ketones is 1. The molecule has 350 valence electrons. The van der Waals surface area contributed by atoms with Crippen LogP contribution in [-0.4, -0.2) is 130 Å². The molecular weight excluding hydrogens is 861 g/mol. The molecule has 2 aliphatic heterocycles. The van der Waals surface area contributed by atoms with Gasteiger partial charge in [0.1, 0.15) is 6.04 Å². The molecule has 67 heavy (non-hydrogen) atoms. The maximum atomic E-state index is 14.0. The molecule has 1 aromatic heterocycles. The molecule has 1 fully saturated rings. The van der Waals surface area contributed by atoms with Crippen LogP contribution in [0, 0.1) is 16.7 Å². The molecule has 3 aliphatic rings. The van der Waals surface area contributed by atoms with Gasteiger partial charge >= 0.3 is 0 Å². The molecule has 0 bridgehead atoms. The second kappa shape index (κ2) is 21.5. The molecule has 3 aromatic carbocycles. The maximum absolute atomic E-state index is 14.0. The lowest BCUT2D eigenvalue weighted by Gasteiger charge is -2.33. The third-order valence-electron chi connectivity index (χ3n) is 12.0. The van der Waals surface area contributed by atoms with Gasteiger partial charge in [-0.15, -0.1) is 0 Å². The van der Waals surface area contributed by atoms with Gasteiger partial charge in [-0.25, -0.2) is 0 Å². The molecule has 0 radical (unpaired) electrons. The van der Waals surface area contributed by atoms with Gasteiger partial charge in [0, 0.05) is 70.8 Å². The number of H-pyrrole nitrogens is 1. The summed E-state index contributed by atoms with van der Waals surface area (Å²) in [5.41, 5.74) is 6.63. The minimum atomic E-state index is -1.03. The van der Waals surface area contributed by atoms with Crippen molar-refractivity contribution in [3.8, 4) is 6.07 Å². The average Bonchev–Trinajstić information content (AvgIpc) is 3.84. The molecule has 6 N–H and O–H groups in total. The number of ether oxygens (including phenoxy) is 4. The van der Waals surface area contributed by atoms with Gasteiger partial charge in [0.05, 0.1) is 87.7 Å². The van der Waals surface area contributed by atoms with E-state index in [1.807, 2.05) is 25.1 Å². The van der Waals surface area contributed by atoms with Gasteiger partial charge in [-0.2, -0.15) is 5.26 Å². The number of imide groups is 2. The molecule has 18 nitrogen and oxygen atoms in total. The monoisotopic (exact) mass is 914 g/mol. The van der Waals surface area contributed by atoms with Crippen LogP contribution in [0.15, 0.2) is 54.7 Å². The highest BCUT2D eigenvalue weighted by atomic mass is 16.6. The summed E-state index contributed by atoms with van der Waals surface area (Å²) in [7, 11) is 0. The molecule has 0 saturated carbocycles. The Labute approximate surface area is 387 Å². The summed E-state index contributed by atoms with van der Waals surface area (Å²) in [6.45, 7) is 9.42. The van der Waals surface area contributed by atoms with Crippen molar-refractivity contribution in [2.24, 2.45) is 0 Å². The van der Waals surface area contributed by atoms with E-state index in [-0.39, 0.29) is 42.2 Å². The van der Waals surface area contributed by atoms with Crippen molar-refractivity contribution in [2.45, 2.75) is 51.5 Å². The summed E-state index contributed by atoms with van der Waals surface area (Å²) >= 11 is 0. The molecule has 5 amide bonds. The second-order valence-corrected chi connectivity index (χ2v) is 16.6. The van der Waals surface area contributed by atoms with Gasteiger partial charge < -0.3 is 45.3 Å². The fourth-order valence-electron chi connectivity index (χ4n) is 8.61. The van der Waals surface area contributed by atoms with Crippen molar-refractivity contribution >= 4 is 63.7 Å². The highest BCUT2D eigenvalue weighted by molar-refractivity contribution is 6.25. The Kier molecular flexibility index (Phi) is 15.4. The minimum Gasteiger partial charge on any atom is -0.382 e. The SMILES string of the molecule is CCc1cc2c(cc1/C(C=N)=C/NCC(=O)NCCOCCOCCOCCOCCNc1cccc3c1C(=O)N(C1CCC(=O)NC1=O)C3=O)C(C)(C)c1[nH]c3cc(C#N)ccc3c1C2=O. The first kappa shape index (κ1) is 47.9. The van der Waals surface area contributed by atoms with Gasteiger partial charge in [-0.3, -0.25) is 39.0 Å². The van der Waals surface area contributed by atoms with Crippen LogP contribution in [0.25, 0.3) is 16.5 Å². The zero-order valence-electron chi connectivity index (χ0n) is 37.7. The number of allylic oxidation sites excluding steroid dienone is 1. The lowest BCUT2D eigenvalue weighted by Crippen LogP contribution is -2.54. The van der Waals surface area contributed by atoms with Crippen molar-refractivity contribution in [3.63, 3.8) is 0 Å². The van der Waals surface area contributed by atoms with Gasteiger partial charge in [-0.05, 0) is 65.9 Å². The Hall–Kier alpha value is -7.04. The number of aromatic amines is 1. The molecule has 7 rings (SSSR count). The number of rotatable bonds is 23. The maximum Gasteiger partial charge on any atom is 0.264 e. The highest BCUT2D eigenvalue weighted by Gasteiger charge is 2.46. The molecule has 3 heterocycles. The molecule has 4 aromatic rings. The minimum absolute atomic E-state index is 0.0167. The first-order valence-corrected chi connectivity index (χ1v) is 22.3. The van der Waals surface area contributed by atoms with Gasteiger partial charge in [0.25, 0.3) is 11.8 Å². The molecular formula is C49H54N8O10. The highest BCUT2D eigenvalue weighted by Crippen LogP contribution is 2.45. The molecule has 1 atom stereocenters. The number of carbonyl (C=O) groups excluding carboxylic acids is 6. The Morgan fingerprint density at radius 1 is 0.896 bits per heavy atom. The van der Waals surface area contributed by atoms with E-state index in [0.717, 1.165) is 38.2 Å². The molecule has 1 aliphatic carbocycles. The second-order valence-electron chi connectivity index (χ2n) is 16.6. The van der Waals surface area contributed by atoms with Crippen LogP contribution < -0.4 is 21.3 Å². The lowest BCUT2D eigenvalue weighted by atomic mass is 9.70. The Balaban J connectivity index is 0.739. The number of nitriles is 1. The normalized spacial score (nSPS) is 16.3. The van der Waals surface area contributed by atoms with E-state index < -0.39 is 35.1 Å². The van der Waals surface area contributed by atoms with Crippen LogP contribution in [-0.2, 0) is 45.2 Å². The first-order chi connectivity index (χ1) is 32.4. The summed E-state index contributed by atoms with van der Waals surface area (Å²) < 4.78 is 22.3. The van der Waals surface area contributed by atoms with Gasteiger partial charge in [0.15, 0.2) is 5.78 Å². The van der Waals surface area contributed by atoms with Crippen molar-refractivity contribution in [1.82, 2.24) is 25.8 Å². The van der Waals surface area contributed by atoms with Crippen LogP contribution >= 0.6 is 0 Å². The smallest absolute Gasteiger partial charge is 0.264 e. The third kappa shape index (κ3) is 10.3. The Morgan fingerprint density at radius 2 is 1.60 bits per heavy atom. The largest absolute Gasteiger partial charge is 0.382 e. The van der Waals surface area contributed by atoms with E-state index >= 15 is 0 Å². The van der Waals surface area contributed by atoms with Crippen molar-refractivity contribution in [1.29, 1.82) is 10.7 Å². The van der Waals surface area contributed by atoms with E-state index in [1.54, 1.807) is 30.5 Å². The van der Waals surface area contributed by atoms with Crippen molar-refractivity contribution in [2.75, 3.05) is 77.8 Å². The van der Waals surface area contributed by atoms with E-state index in [2.05, 4.69) is 46.2 Å². The fourth-order valence-corrected chi connectivity index (χ4v) is 8.61. The number of amides is 5. The number of aryl methyl sites for hydroxylation is 1. The Bertz CT molecular complexity index is 2680. The van der Waals surface area contributed by atoms with E-state index in [9.17, 15) is 34.0 Å². The fraction of sp³-hybridized carbons (Fsp3) is 0.388. The number of benzene rings is 3. The predicted octanol–water partition coefficient (Wildman–Crippen LogP) is 3.75. The summed E-state index contributed by atoms with van der Waals surface area (Å²) in [6, 6.07) is 15.2. The van der Waals surface area contributed by atoms with Crippen LogP contribution in [0.3, 0.4) is 0 Å². The third-order valence-corrected chi connectivity index (χ3v) is 12.0. The number of nitrogens with zero attached hydrogens (tertiary/aromatic N) is 2. The molecule has 0 spiro atoms. The number of anilines is 1. The number of hydrogen-bond donors (Lipinski definition) is 6. The topological polar surface area (TPSA) is 254 Å². The average molecular weight is 915 g/mol. The zero-order valence-corrected chi connectivity index (χ0v) is 37.7. The van der Waals surface area contributed by atoms with E-state index in [4.69, 9.17) is 24.4 Å². The van der Waals surface area contributed by atoms with Gasteiger partial charge in [0.2, 0.25) is 17.7 Å². The van der Waals surface area contributed by atoms with Crippen molar-refractivity contribution in [3.05, 3.63) is 105 Å². The van der Waals surface area contributed by atoms with Crippen LogP contribution in [0.1, 0.15) is 98.2 Å². The predicted molar refractivity (Wildman–Crippen MR) is 247 cm³/mol. The molecule has 1 unspecified atom stereocenters. The van der Waals surface area contributed by atoms with Crippen LogP contribution in [0.4, 0.5) is 5.69 Å². The number of hydrogen-bond acceptors (Lipinski definition) is 14. The Morgan fingerprint density at radius 3 is 2.27 bits per heavy atom. The summed E-state index contributed by atoms with van der Waals surface area (Å²) in [5.74, 6) is -2.56. The standard InChI is InChI=1S/C49H54N8O10/c1-4-30-23-35-36(49(2,3)45-43(44(35)60)32-9-8-29(25-50)22-38(32)55-45)24-34(30)31(26-51)27-52-28-41(59)54-13-15-65-17-19-67-21-20-66-18-16-64-14-12-53-37-7-5-6-33-42(37)48(63)57(47(33)62)39-10-11-40(58)56-46(39)61/h5-9,22-24,26-27,39,51-53,55H,4,10-21,28H2,1-3H3,(H,54,59)(H,56,58,61)/b31-27+,51-26?. The number of piperidine rings is 1. The van der Waals surface area contributed by atoms with E-state index in [1.165, 1.54) is 12.3 Å². The number of fused-ring (bicyclic) bond motifs is 5. The van der Waals surface area contributed by atoms with Gasteiger partial charge in [-0.1, -0.05) is 32.9 Å². The quantitative estimate of drug-likeness (QED) is 0.0353. The molecule has 18 heteroatoms. The van der Waals surface area contributed by atoms with Crippen LogP contribution in [0.5, 0.6) is 0 Å². The van der Waals surface area contributed by atoms with Crippen LogP contribution in [0.2, 0.25) is 0 Å². The number of carbonyl (C=O) groups is 6. The first-order valence-electron chi connectivity index (χ1n) is 22.3. The summed E-state index contributed by atoms with van der Waals surface area (Å²) in [5, 5.41) is 29.6. The number of nitrogens with one attached hydrogen (secondary N) is 6. The number of aromatic nitrogens is 1. The van der Waals surface area contributed by atoms with E-state index in [0.29, 0.717) is 100 Å². The molecule has 1 saturated heterocycles. The van der Waals surface area contributed by atoms with Crippen molar-refractivity contribution < 1.29 is 47.7 Å². The summed E-state index contributed by atoms with van der Waals surface area (Å²) in [6.07, 6.45) is 3.63. The lowest BCUT2D eigenvalue weighted by molar-refractivity contribution is -0.136. The summed E-state index contributed by atoms with van der Waals surface area (Å²) in [4.78, 5) is 81.1.